The van der Waals surface area contributed by atoms with E-state index in [1.165, 1.54) is 17.1 Å². The van der Waals surface area contributed by atoms with Crippen LogP contribution in [0.15, 0.2) is 12.5 Å². The number of nitro groups is 1. The first-order valence-corrected chi connectivity index (χ1v) is 7.03. The van der Waals surface area contributed by atoms with E-state index < -0.39 is 22.9 Å². The quantitative estimate of drug-likeness (QED) is 0.394. The molecule has 2 aromatic rings. The molecule has 2 unspecified atom stereocenters. The van der Waals surface area contributed by atoms with E-state index in [1.54, 1.807) is 13.8 Å². The molecule has 3 heterocycles. The second-order valence-electron chi connectivity index (χ2n) is 5.86. The molecule has 0 spiro atoms. The minimum atomic E-state index is -1.35. The van der Waals surface area contributed by atoms with Crippen molar-refractivity contribution in [1.29, 1.82) is 0 Å². The predicted molar refractivity (Wildman–Crippen MR) is 79.4 cm³/mol. The first kappa shape index (κ1) is 18.7. The number of nitrogen functional groups attached to an aromatic ring is 1. The van der Waals surface area contributed by atoms with Gasteiger partial charge in [0.2, 0.25) is 0 Å². The number of anilines is 1. The summed E-state index contributed by atoms with van der Waals surface area (Å²) in [5.41, 5.74) is 4.32. The minimum absolute atomic E-state index is 0. The number of aromatic nitrogens is 3. The molecule has 4 N–H and O–H groups in total. The van der Waals surface area contributed by atoms with Crippen LogP contribution in [0.25, 0.3) is 11.0 Å². The summed E-state index contributed by atoms with van der Waals surface area (Å²) in [4.78, 5) is 18.5. The predicted octanol–water partition coefficient (Wildman–Crippen LogP) is 0.196. The number of ether oxygens (including phenoxy) is 1. The first-order valence-electron chi connectivity index (χ1n) is 7.03. The van der Waals surface area contributed by atoms with Crippen LogP contribution in [-0.2, 0) is 25.8 Å². The zero-order valence-electron chi connectivity index (χ0n) is 13.0. The van der Waals surface area contributed by atoms with Crippen LogP contribution in [0, 0.1) is 16.0 Å². The molecule has 1 saturated heterocycles. The van der Waals surface area contributed by atoms with Crippen LogP contribution >= 0.6 is 0 Å². The SMILES string of the molecule is CC1C(CO)O[C@@H](n2cc([N+](=O)[O-])c3c(N)ncnc32)[C@]1(C)O.[W]. The van der Waals surface area contributed by atoms with E-state index in [1.807, 2.05) is 0 Å². The fourth-order valence-corrected chi connectivity index (χ4v) is 2.98. The van der Waals surface area contributed by atoms with Crippen LogP contribution < -0.4 is 5.73 Å². The van der Waals surface area contributed by atoms with Gasteiger partial charge in [0.15, 0.2) is 11.9 Å². The van der Waals surface area contributed by atoms with Gasteiger partial charge >= 0.3 is 0 Å². The normalized spacial score (nSPS) is 29.6. The maximum Gasteiger partial charge on any atom is 0.300 e. The number of fused-ring (bicyclic) bond motifs is 1. The second kappa shape index (κ2) is 6.36. The van der Waals surface area contributed by atoms with Crippen LogP contribution in [0.4, 0.5) is 11.5 Å². The number of hydrogen-bond donors (Lipinski definition) is 3. The molecule has 3 rings (SSSR count). The van der Waals surface area contributed by atoms with Crippen molar-refractivity contribution in [2.75, 3.05) is 12.3 Å². The Morgan fingerprint density at radius 2 is 2.21 bits per heavy atom. The molecule has 1 aliphatic rings. The van der Waals surface area contributed by atoms with Gasteiger partial charge in [0, 0.05) is 27.0 Å². The molecule has 1 aliphatic heterocycles. The second-order valence-corrected chi connectivity index (χ2v) is 5.86. The number of hydrogen-bond acceptors (Lipinski definition) is 8. The van der Waals surface area contributed by atoms with Crippen LogP contribution in [0.1, 0.15) is 20.1 Å². The summed E-state index contributed by atoms with van der Waals surface area (Å²) in [5, 5.41) is 31.5. The van der Waals surface area contributed by atoms with Gasteiger partial charge in [0.05, 0.1) is 23.8 Å². The number of nitrogens with two attached hydrogens (primary N) is 1. The summed E-state index contributed by atoms with van der Waals surface area (Å²) in [5.74, 6) is -0.405. The van der Waals surface area contributed by atoms with Crippen molar-refractivity contribution in [3.8, 4) is 0 Å². The Morgan fingerprint density at radius 1 is 1.54 bits per heavy atom. The Kier molecular flexibility index (Phi) is 4.96. The van der Waals surface area contributed by atoms with Crippen LogP contribution in [0.3, 0.4) is 0 Å². The number of nitrogens with zero attached hydrogens (tertiary/aromatic N) is 4. The number of aliphatic hydroxyl groups excluding tert-OH is 1. The average Bonchev–Trinajstić information content (AvgIpc) is 2.97. The summed E-state index contributed by atoms with van der Waals surface area (Å²) >= 11 is 0. The number of aliphatic hydroxyl groups is 2. The molecule has 0 saturated carbocycles. The van der Waals surface area contributed by atoms with Crippen molar-refractivity contribution in [2.24, 2.45) is 5.92 Å². The summed E-state index contributed by atoms with van der Waals surface area (Å²) in [6.45, 7) is 3.02. The summed E-state index contributed by atoms with van der Waals surface area (Å²) in [6.07, 6.45) is 0.876. The van der Waals surface area contributed by atoms with Gasteiger partial charge in [-0.25, -0.2) is 9.97 Å². The molecule has 0 bridgehead atoms. The fourth-order valence-electron chi connectivity index (χ4n) is 2.98. The third-order valence-electron chi connectivity index (χ3n) is 4.53. The van der Waals surface area contributed by atoms with Gasteiger partial charge in [-0.2, -0.15) is 0 Å². The molecule has 0 aromatic carbocycles. The van der Waals surface area contributed by atoms with Gasteiger partial charge in [0.25, 0.3) is 5.69 Å². The average molecular weight is 507 g/mol. The van der Waals surface area contributed by atoms with E-state index in [-0.39, 0.29) is 56.1 Å². The molecule has 2 aromatic heterocycles. The van der Waals surface area contributed by atoms with E-state index >= 15 is 0 Å². The Morgan fingerprint density at radius 3 is 2.75 bits per heavy atom. The molecule has 0 aliphatic carbocycles. The molecular formula is C13H17N5O5W. The van der Waals surface area contributed by atoms with Crippen molar-refractivity contribution in [2.45, 2.75) is 31.8 Å². The molecule has 0 radical (unpaired) electrons. The van der Waals surface area contributed by atoms with Crippen molar-refractivity contribution in [3.63, 3.8) is 0 Å². The Labute approximate surface area is 151 Å². The summed E-state index contributed by atoms with van der Waals surface area (Å²) in [7, 11) is 0. The topological polar surface area (TPSA) is 150 Å². The van der Waals surface area contributed by atoms with E-state index in [2.05, 4.69) is 9.97 Å². The molecule has 0 amide bonds. The smallest absolute Gasteiger partial charge is 0.300 e. The number of rotatable bonds is 3. The fraction of sp³-hybridized carbons (Fsp3) is 0.538. The third-order valence-corrected chi connectivity index (χ3v) is 4.53. The van der Waals surface area contributed by atoms with Crippen molar-refractivity contribution >= 4 is 22.5 Å². The third kappa shape index (κ3) is 2.59. The van der Waals surface area contributed by atoms with Crippen molar-refractivity contribution in [1.82, 2.24) is 14.5 Å². The van der Waals surface area contributed by atoms with Gasteiger partial charge in [-0.3, -0.25) is 14.7 Å². The van der Waals surface area contributed by atoms with Gasteiger partial charge in [-0.1, -0.05) is 6.92 Å². The maximum atomic E-state index is 11.3. The molecule has 24 heavy (non-hydrogen) atoms. The Hall–Kier alpha value is -1.61. The maximum absolute atomic E-state index is 11.3. The molecule has 4 atom stereocenters. The largest absolute Gasteiger partial charge is 0.394 e. The minimum Gasteiger partial charge on any atom is -0.394 e. The molecule has 1 fully saturated rings. The zero-order valence-corrected chi connectivity index (χ0v) is 15.9. The summed E-state index contributed by atoms with van der Waals surface area (Å²) in [6, 6.07) is 0. The Bertz CT molecular complexity index is 779. The standard InChI is InChI=1S/C13H17N5O5.W/c1-6-8(4-19)23-12(13(6,2)20)17-3-7(18(21)22)9-10(14)15-5-16-11(9)17;/h3,5-6,8,12,19-20H,4H2,1-2H3,(H2,14,15,16);/t6?,8?,12-,13-;/m1./s1. The zero-order chi connectivity index (χ0) is 16.9. The van der Waals surface area contributed by atoms with Crippen LogP contribution in [0.5, 0.6) is 0 Å². The van der Waals surface area contributed by atoms with Gasteiger partial charge in [0.1, 0.15) is 23.1 Å². The van der Waals surface area contributed by atoms with Gasteiger partial charge < -0.3 is 20.7 Å². The van der Waals surface area contributed by atoms with Gasteiger partial charge in [-0.05, 0) is 6.92 Å². The van der Waals surface area contributed by atoms with Crippen LogP contribution in [-0.4, -0.2) is 48.0 Å². The van der Waals surface area contributed by atoms with E-state index in [0.717, 1.165) is 0 Å². The monoisotopic (exact) mass is 507 g/mol. The van der Waals surface area contributed by atoms with Crippen molar-refractivity contribution in [3.05, 3.63) is 22.6 Å². The molecule has 10 nitrogen and oxygen atoms in total. The first-order chi connectivity index (χ1) is 10.8. The van der Waals surface area contributed by atoms with E-state index in [9.17, 15) is 20.3 Å². The molecule has 130 valence electrons. The molecular weight excluding hydrogens is 490 g/mol. The Balaban J connectivity index is 0.00000208. The van der Waals surface area contributed by atoms with Gasteiger partial charge in [-0.15, -0.1) is 0 Å². The molecule has 11 heteroatoms. The van der Waals surface area contributed by atoms with Crippen molar-refractivity contribution < 1.29 is 40.9 Å². The van der Waals surface area contributed by atoms with E-state index in [0.29, 0.717) is 0 Å². The van der Waals surface area contributed by atoms with Crippen LogP contribution in [0.2, 0.25) is 0 Å². The van der Waals surface area contributed by atoms with E-state index in [4.69, 9.17) is 10.5 Å². The summed E-state index contributed by atoms with van der Waals surface area (Å²) < 4.78 is 7.08.